The predicted molar refractivity (Wildman–Crippen MR) is 102 cm³/mol. The number of ether oxygens (including phenoxy) is 1. The molecule has 2 aromatic heterocycles. The van der Waals surface area contributed by atoms with Crippen molar-refractivity contribution in [2.24, 2.45) is 0 Å². The zero-order valence-electron chi connectivity index (χ0n) is 14.5. The molecule has 0 aliphatic heterocycles. The standard InChI is InChI=1S/C21H17N3O2/c1-14-13-17(16-8-4-5-9-18(16)22-14)21-23-20(26-24-21)12-11-15-7-3-6-10-19(15)25-2/h3-13H,1-2H3/b12-11+. The quantitative estimate of drug-likeness (QED) is 0.534. The Bertz CT molecular complexity index is 1100. The van der Waals surface area contributed by atoms with E-state index in [0.717, 1.165) is 33.5 Å². The minimum Gasteiger partial charge on any atom is -0.496 e. The highest BCUT2D eigenvalue weighted by atomic mass is 16.5. The van der Waals surface area contributed by atoms with E-state index >= 15 is 0 Å². The van der Waals surface area contributed by atoms with Crippen molar-refractivity contribution in [1.82, 2.24) is 15.1 Å². The summed E-state index contributed by atoms with van der Waals surface area (Å²) in [6.07, 6.45) is 3.68. The summed E-state index contributed by atoms with van der Waals surface area (Å²) in [5.41, 5.74) is 3.68. The number of hydrogen-bond donors (Lipinski definition) is 0. The van der Waals surface area contributed by atoms with Crippen LogP contribution in [-0.4, -0.2) is 22.2 Å². The molecular formula is C21H17N3O2. The highest BCUT2D eigenvalue weighted by Gasteiger charge is 2.12. The van der Waals surface area contributed by atoms with Gasteiger partial charge in [0.15, 0.2) is 0 Å². The van der Waals surface area contributed by atoms with Crippen LogP contribution < -0.4 is 4.74 Å². The number of aromatic nitrogens is 3. The second-order valence-electron chi connectivity index (χ2n) is 5.86. The van der Waals surface area contributed by atoms with Crippen LogP contribution in [0, 0.1) is 6.92 Å². The molecule has 0 aliphatic rings. The molecule has 2 aromatic carbocycles. The van der Waals surface area contributed by atoms with E-state index in [-0.39, 0.29) is 0 Å². The van der Waals surface area contributed by atoms with Crippen molar-refractivity contribution in [3.63, 3.8) is 0 Å². The minimum absolute atomic E-state index is 0.435. The van der Waals surface area contributed by atoms with Crippen LogP contribution >= 0.6 is 0 Å². The van der Waals surface area contributed by atoms with Crippen LogP contribution in [0.5, 0.6) is 5.75 Å². The molecule has 0 atom stereocenters. The molecule has 128 valence electrons. The molecule has 0 bridgehead atoms. The van der Waals surface area contributed by atoms with Crippen molar-refractivity contribution in [1.29, 1.82) is 0 Å². The van der Waals surface area contributed by atoms with Crippen molar-refractivity contribution in [2.45, 2.75) is 6.92 Å². The van der Waals surface area contributed by atoms with Crippen LogP contribution in [0.2, 0.25) is 0 Å². The molecule has 2 heterocycles. The number of aryl methyl sites for hydroxylation is 1. The maximum Gasteiger partial charge on any atom is 0.250 e. The Morgan fingerprint density at radius 1 is 0.962 bits per heavy atom. The fourth-order valence-electron chi connectivity index (χ4n) is 2.87. The molecule has 0 amide bonds. The molecule has 0 radical (unpaired) electrons. The van der Waals surface area contributed by atoms with Gasteiger partial charge in [0.1, 0.15) is 5.75 Å². The molecule has 5 heteroatoms. The highest BCUT2D eigenvalue weighted by molar-refractivity contribution is 5.92. The largest absolute Gasteiger partial charge is 0.496 e. The molecule has 0 saturated carbocycles. The summed E-state index contributed by atoms with van der Waals surface area (Å²) < 4.78 is 10.7. The van der Waals surface area contributed by atoms with Gasteiger partial charge in [-0.05, 0) is 31.2 Å². The Labute approximate surface area is 151 Å². The third-order valence-electron chi connectivity index (χ3n) is 4.07. The van der Waals surface area contributed by atoms with E-state index in [9.17, 15) is 0 Å². The molecule has 0 aliphatic carbocycles. The SMILES string of the molecule is COc1ccccc1/C=C/c1nc(-c2cc(C)nc3ccccc23)no1. The Hall–Kier alpha value is -3.47. The van der Waals surface area contributed by atoms with Crippen LogP contribution in [0.1, 0.15) is 17.1 Å². The van der Waals surface area contributed by atoms with Gasteiger partial charge in [0.05, 0.1) is 12.6 Å². The topological polar surface area (TPSA) is 61.0 Å². The van der Waals surface area contributed by atoms with Crippen molar-refractivity contribution >= 4 is 23.1 Å². The van der Waals surface area contributed by atoms with E-state index in [1.165, 1.54) is 0 Å². The van der Waals surface area contributed by atoms with Crippen LogP contribution in [0.25, 0.3) is 34.4 Å². The molecule has 26 heavy (non-hydrogen) atoms. The Morgan fingerprint density at radius 3 is 2.65 bits per heavy atom. The van der Waals surface area contributed by atoms with Gasteiger partial charge in [-0.25, -0.2) is 0 Å². The van der Waals surface area contributed by atoms with Crippen LogP contribution in [0.3, 0.4) is 0 Å². The number of rotatable bonds is 4. The summed E-state index contributed by atoms with van der Waals surface area (Å²) in [6, 6.07) is 17.7. The molecule has 4 rings (SSSR count). The van der Waals surface area contributed by atoms with Crippen molar-refractivity contribution in [3.05, 3.63) is 71.7 Å². The van der Waals surface area contributed by atoms with E-state index in [1.807, 2.05) is 67.6 Å². The van der Waals surface area contributed by atoms with Crippen LogP contribution in [-0.2, 0) is 0 Å². The Morgan fingerprint density at radius 2 is 1.77 bits per heavy atom. The highest BCUT2D eigenvalue weighted by Crippen LogP contribution is 2.27. The lowest BCUT2D eigenvalue weighted by molar-refractivity contribution is 0.411. The first-order chi connectivity index (χ1) is 12.7. The lowest BCUT2D eigenvalue weighted by Crippen LogP contribution is -1.89. The second-order valence-corrected chi connectivity index (χ2v) is 5.86. The number of fused-ring (bicyclic) bond motifs is 1. The first-order valence-corrected chi connectivity index (χ1v) is 8.26. The van der Waals surface area contributed by atoms with Crippen LogP contribution in [0.4, 0.5) is 0 Å². The summed E-state index contributed by atoms with van der Waals surface area (Å²) in [7, 11) is 1.65. The first kappa shape index (κ1) is 16.0. The summed E-state index contributed by atoms with van der Waals surface area (Å²) in [5.74, 6) is 1.77. The normalized spacial score (nSPS) is 11.3. The van der Waals surface area contributed by atoms with E-state index in [2.05, 4.69) is 15.1 Å². The van der Waals surface area contributed by atoms with Crippen molar-refractivity contribution < 1.29 is 9.26 Å². The van der Waals surface area contributed by atoms with Gasteiger partial charge >= 0.3 is 0 Å². The van der Waals surface area contributed by atoms with E-state index in [1.54, 1.807) is 13.2 Å². The average molecular weight is 343 g/mol. The van der Waals surface area contributed by atoms with Gasteiger partial charge in [-0.2, -0.15) is 4.98 Å². The molecular weight excluding hydrogens is 326 g/mol. The zero-order valence-corrected chi connectivity index (χ0v) is 14.5. The Kier molecular flexibility index (Phi) is 4.19. The monoisotopic (exact) mass is 343 g/mol. The van der Waals surface area contributed by atoms with Gasteiger partial charge in [-0.15, -0.1) is 0 Å². The summed E-state index contributed by atoms with van der Waals surface area (Å²) in [5, 5.41) is 5.14. The first-order valence-electron chi connectivity index (χ1n) is 8.26. The lowest BCUT2D eigenvalue weighted by atomic mass is 10.1. The lowest BCUT2D eigenvalue weighted by Gasteiger charge is -2.03. The Balaban J connectivity index is 1.70. The van der Waals surface area contributed by atoms with E-state index < -0.39 is 0 Å². The predicted octanol–water partition coefficient (Wildman–Crippen LogP) is 4.77. The number of hydrogen-bond acceptors (Lipinski definition) is 5. The number of para-hydroxylation sites is 2. The van der Waals surface area contributed by atoms with Gasteiger partial charge in [0.25, 0.3) is 5.89 Å². The molecule has 4 aromatic rings. The second kappa shape index (κ2) is 6.80. The van der Waals surface area contributed by atoms with Gasteiger partial charge in [-0.3, -0.25) is 4.98 Å². The van der Waals surface area contributed by atoms with Crippen LogP contribution in [0.15, 0.2) is 59.1 Å². The third kappa shape index (κ3) is 3.07. The fraction of sp³-hybridized carbons (Fsp3) is 0.0952. The number of pyridine rings is 1. The number of methoxy groups -OCH3 is 1. The molecule has 0 saturated heterocycles. The van der Waals surface area contributed by atoms with Crippen molar-refractivity contribution in [3.8, 4) is 17.1 Å². The molecule has 0 fully saturated rings. The summed E-state index contributed by atoms with van der Waals surface area (Å²) >= 11 is 0. The number of nitrogens with zero attached hydrogens (tertiary/aromatic N) is 3. The molecule has 0 N–H and O–H groups in total. The van der Waals surface area contributed by atoms with Gasteiger partial charge in [0, 0.05) is 28.3 Å². The van der Waals surface area contributed by atoms with Gasteiger partial charge < -0.3 is 9.26 Å². The summed E-state index contributed by atoms with van der Waals surface area (Å²) in [6.45, 7) is 1.96. The van der Waals surface area contributed by atoms with Gasteiger partial charge in [-0.1, -0.05) is 41.6 Å². The molecule has 0 spiro atoms. The maximum absolute atomic E-state index is 5.39. The summed E-state index contributed by atoms with van der Waals surface area (Å²) in [4.78, 5) is 9.06. The average Bonchev–Trinajstić information content (AvgIpc) is 3.14. The number of benzene rings is 2. The molecule has 5 nitrogen and oxygen atoms in total. The fourth-order valence-corrected chi connectivity index (χ4v) is 2.87. The maximum atomic E-state index is 5.39. The van der Waals surface area contributed by atoms with E-state index in [0.29, 0.717) is 11.7 Å². The van der Waals surface area contributed by atoms with E-state index in [4.69, 9.17) is 9.26 Å². The van der Waals surface area contributed by atoms with Gasteiger partial charge in [0.2, 0.25) is 5.82 Å². The van der Waals surface area contributed by atoms with Crippen molar-refractivity contribution in [2.75, 3.05) is 7.11 Å². The smallest absolute Gasteiger partial charge is 0.250 e. The minimum atomic E-state index is 0.435. The molecule has 0 unspecified atom stereocenters. The zero-order chi connectivity index (χ0) is 17.9. The third-order valence-corrected chi connectivity index (χ3v) is 4.07.